The molecule has 0 aliphatic rings. The van der Waals surface area contributed by atoms with E-state index < -0.39 is 0 Å². The second-order valence-electron chi connectivity index (χ2n) is 8.52. The van der Waals surface area contributed by atoms with Crippen LogP contribution in [0.3, 0.4) is 0 Å². The van der Waals surface area contributed by atoms with E-state index in [4.69, 9.17) is 38.2 Å². The predicted molar refractivity (Wildman–Crippen MR) is 139 cm³/mol. The summed E-state index contributed by atoms with van der Waals surface area (Å²) in [4.78, 5) is 14.5. The molecule has 3 nitrogen and oxygen atoms in total. The Morgan fingerprint density at radius 1 is 0.688 bits per heavy atom. The summed E-state index contributed by atoms with van der Waals surface area (Å²) in [6.45, 7) is 12.5. The molecule has 2 aromatic carbocycles. The van der Waals surface area contributed by atoms with Gasteiger partial charge in [0.25, 0.3) is 0 Å². The van der Waals surface area contributed by atoms with Crippen LogP contribution in [0.15, 0.2) is 64.6 Å². The van der Waals surface area contributed by atoms with Crippen LogP contribution < -0.4 is 0 Å². The zero-order chi connectivity index (χ0) is 23.4. The van der Waals surface area contributed by atoms with E-state index in [1.165, 1.54) is 0 Å². The van der Waals surface area contributed by atoms with Crippen LogP contribution in [0.1, 0.15) is 75.9 Å². The Morgan fingerprint density at radius 3 is 1.47 bits per heavy atom. The van der Waals surface area contributed by atoms with Gasteiger partial charge in [0.2, 0.25) is 0 Å². The average Bonchev–Trinajstić information content (AvgIpc) is 2.73. The summed E-state index contributed by atoms with van der Waals surface area (Å²) in [5, 5.41) is 1.35. The quantitative estimate of drug-likeness (QED) is 0.334. The first-order valence-electron chi connectivity index (χ1n) is 10.8. The van der Waals surface area contributed by atoms with Gasteiger partial charge in [0, 0.05) is 10.0 Å². The van der Waals surface area contributed by atoms with Crippen molar-refractivity contribution < 1.29 is 0 Å². The minimum Gasteiger partial charge on any atom is -0.251 e. The van der Waals surface area contributed by atoms with E-state index in [-0.39, 0.29) is 0 Å². The highest BCUT2D eigenvalue weighted by atomic mass is 35.5. The highest BCUT2D eigenvalue weighted by molar-refractivity contribution is 6.31. The fraction of sp³-hybridized carbons (Fsp3) is 0.296. The second-order valence-corrected chi connectivity index (χ2v) is 9.39. The summed E-state index contributed by atoms with van der Waals surface area (Å²) in [6.07, 6.45) is 0. The summed E-state index contributed by atoms with van der Waals surface area (Å²) < 4.78 is 0. The monoisotopic (exact) mass is 465 g/mol. The molecule has 0 spiro atoms. The SMILES string of the molecule is CC(=Nc1cc(Cl)ccc1C(C)C)c1cccc(C(C)=Nc2cc(Cl)ccc2C(C)C)n1. The number of nitrogens with zero attached hydrogens (tertiary/aromatic N) is 3. The highest BCUT2D eigenvalue weighted by Gasteiger charge is 2.11. The lowest BCUT2D eigenvalue weighted by Gasteiger charge is -2.12. The van der Waals surface area contributed by atoms with Gasteiger partial charge in [-0.2, -0.15) is 0 Å². The smallest absolute Gasteiger partial charge is 0.0849 e. The van der Waals surface area contributed by atoms with Crippen molar-refractivity contribution in [2.24, 2.45) is 9.98 Å². The fourth-order valence-electron chi connectivity index (χ4n) is 3.52. The maximum atomic E-state index is 6.23. The van der Waals surface area contributed by atoms with Crippen LogP contribution in [0.5, 0.6) is 0 Å². The number of rotatable bonds is 6. The van der Waals surface area contributed by atoms with E-state index in [0.717, 1.165) is 45.3 Å². The molecule has 0 bridgehead atoms. The zero-order valence-electron chi connectivity index (χ0n) is 19.4. The molecule has 3 aromatic rings. The van der Waals surface area contributed by atoms with Crippen molar-refractivity contribution in [3.05, 3.63) is 87.2 Å². The maximum Gasteiger partial charge on any atom is 0.0849 e. The standard InChI is InChI=1S/C27H29Cl2N3/c1-16(2)22-12-10-20(28)14-26(22)30-18(5)24-8-7-9-25(32-24)19(6)31-27-15-21(29)11-13-23(27)17(3)4/h7-17H,1-6H3. The summed E-state index contributed by atoms with van der Waals surface area (Å²) in [5.74, 6) is 0.695. The molecule has 0 aliphatic heterocycles. The van der Waals surface area contributed by atoms with Crippen LogP contribution in [-0.2, 0) is 0 Å². The molecule has 3 rings (SSSR count). The molecule has 166 valence electrons. The number of aliphatic imine (C=N–C) groups is 2. The van der Waals surface area contributed by atoms with Crippen molar-refractivity contribution in [3.8, 4) is 0 Å². The maximum absolute atomic E-state index is 6.23. The molecule has 0 atom stereocenters. The molecule has 1 heterocycles. The third kappa shape index (κ3) is 5.85. The van der Waals surface area contributed by atoms with E-state index in [1.54, 1.807) is 0 Å². The van der Waals surface area contributed by atoms with Crippen molar-refractivity contribution in [2.45, 2.75) is 53.4 Å². The third-order valence-electron chi connectivity index (χ3n) is 5.30. The van der Waals surface area contributed by atoms with Gasteiger partial charge in [-0.25, -0.2) is 4.98 Å². The molecule has 0 saturated carbocycles. The number of aromatic nitrogens is 1. The third-order valence-corrected chi connectivity index (χ3v) is 5.77. The van der Waals surface area contributed by atoms with Crippen LogP contribution in [0.25, 0.3) is 0 Å². The first-order chi connectivity index (χ1) is 15.2. The van der Waals surface area contributed by atoms with Crippen LogP contribution in [0, 0.1) is 0 Å². The van der Waals surface area contributed by atoms with E-state index >= 15 is 0 Å². The Morgan fingerprint density at radius 2 is 1.09 bits per heavy atom. The van der Waals surface area contributed by atoms with Crippen molar-refractivity contribution in [3.63, 3.8) is 0 Å². The molecule has 0 fully saturated rings. The molecule has 0 amide bonds. The van der Waals surface area contributed by atoms with Crippen LogP contribution in [0.2, 0.25) is 10.0 Å². The number of hydrogen-bond acceptors (Lipinski definition) is 3. The molecule has 5 heteroatoms. The van der Waals surface area contributed by atoms with Gasteiger partial charge >= 0.3 is 0 Å². The minimum atomic E-state index is 0.348. The number of halogens is 2. The molecular weight excluding hydrogens is 437 g/mol. The molecule has 1 aromatic heterocycles. The summed E-state index contributed by atoms with van der Waals surface area (Å²) in [6, 6.07) is 17.6. The predicted octanol–water partition coefficient (Wildman–Crippen LogP) is 8.92. The van der Waals surface area contributed by atoms with Gasteiger partial charge in [-0.05, 0) is 73.2 Å². The lowest BCUT2D eigenvalue weighted by molar-refractivity contribution is 0.867. The van der Waals surface area contributed by atoms with Crippen molar-refractivity contribution >= 4 is 46.0 Å². The molecule has 0 N–H and O–H groups in total. The largest absolute Gasteiger partial charge is 0.251 e. The summed E-state index contributed by atoms with van der Waals surface area (Å²) >= 11 is 12.5. The van der Waals surface area contributed by atoms with Gasteiger partial charge < -0.3 is 0 Å². The van der Waals surface area contributed by atoms with Gasteiger partial charge in [-0.1, -0.05) is 69.1 Å². The van der Waals surface area contributed by atoms with E-state index in [0.29, 0.717) is 21.9 Å². The molecule has 0 unspecified atom stereocenters. The molecular formula is C27H29Cl2N3. The normalized spacial score (nSPS) is 12.7. The van der Waals surface area contributed by atoms with E-state index in [2.05, 4.69) is 27.7 Å². The van der Waals surface area contributed by atoms with E-state index in [1.807, 2.05) is 68.4 Å². The van der Waals surface area contributed by atoms with E-state index in [9.17, 15) is 0 Å². The second kappa shape index (κ2) is 10.4. The van der Waals surface area contributed by atoms with Crippen LogP contribution >= 0.6 is 23.2 Å². The molecule has 32 heavy (non-hydrogen) atoms. The first kappa shape index (κ1) is 24.2. The molecule has 0 radical (unpaired) electrons. The fourth-order valence-corrected chi connectivity index (χ4v) is 3.85. The minimum absolute atomic E-state index is 0.348. The van der Waals surface area contributed by atoms with Crippen molar-refractivity contribution in [1.82, 2.24) is 4.98 Å². The Hall–Kier alpha value is -2.49. The number of hydrogen-bond donors (Lipinski definition) is 0. The number of pyridine rings is 1. The summed E-state index contributed by atoms with van der Waals surface area (Å²) in [7, 11) is 0. The van der Waals surface area contributed by atoms with Crippen molar-refractivity contribution in [2.75, 3.05) is 0 Å². The van der Waals surface area contributed by atoms with Gasteiger partial charge in [-0.3, -0.25) is 9.98 Å². The van der Waals surface area contributed by atoms with Crippen LogP contribution in [-0.4, -0.2) is 16.4 Å². The molecule has 0 aliphatic carbocycles. The Bertz CT molecular complexity index is 1090. The topological polar surface area (TPSA) is 37.6 Å². The Balaban J connectivity index is 1.99. The van der Waals surface area contributed by atoms with Gasteiger partial charge in [0.05, 0.1) is 34.2 Å². The number of benzene rings is 2. The first-order valence-corrected chi connectivity index (χ1v) is 11.6. The average molecular weight is 466 g/mol. The molecule has 0 saturated heterocycles. The summed E-state index contributed by atoms with van der Waals surface area (Å²) in [5.41, 5.74) is 7.34. The Labute approximate surface area is 201 Å². The lowest BCUT2D eigenvalue weighted by Crippen LogP contribution is -2.05. The van der Waals surface area contributed by atoms with Gasteiger partial charge in [-0.15, -0.1) is 0 Å². The van der Waals surface area contributed by atoms with Gasteiger partial charge in [0.1, 0.15) is 0 Å². The van der Waals surface area contributed by atoms with Crippen LogP contribution in [0.4, 0.5) is 11.4 Å². The van der Waals surface area contributed by atoms with Gasteiger partial charge in [0.15, 0.2) is 0 Å². The zero-order valence-corrected chi connectivity index (χ0v) is 21.0. The van der Waals surface area contributed by atoms with Crippen molar-refractivity contribution in [1.29, 1.82) is 0 Å². The Kier molecular flexibility index (Phi) is 7.86. The highest BCUT2D eigenvalue weighted by Crippen LogP contribution is 2.31. The lowest BCUT2D eigenvalue weighted by atomic mass is 10.0.